The number of phenols is 1. The molecule has 0 spiro atoms. The first-order chi connectivity index (χ1) is 12.8. The van der Waals surface area contributed by atoms with Crippen LogP contribution >= 0.6 is 0 Å². The molecule has 0 unspecified atom stereocenters. The highest BCUT2D eigenvalue weighted by Crippen LogP contribution is 2.30. The van der Waals surface area contributed by atoms with Gasteiger partial charge in [0.2, 0.25) is 0 Å². The number of anilines is 1. The van der Waals surface area contributed by atoms with E-state index in [2.05, 4.69) is 10.6 Å². The molecule has 0 aliphatic heterocycles. The Balaban J connectivity index is 1.94. The van der Waals surface area contributed by atoms with Crippen LogP contribution in [0.25, 0.3) is 0 Å². The molecule has 2 aromatic rings. The summed E-state index contributed by atoms with van der Waals surface area (Å²) in [4.78, 5) is 12.0. The molecule has 0 bridgehead atoms. The number of carbonyl (C=O) groups excluding carboxylic acids is 1. The van der Waals surface area contributed by atoms with Crippen LogP contribution < -0.4 is 10.6 Å². The summed E-state index contributed by atoms with van der Waals surface area (Å²) in [6.45, 7) is 0.256. The largest absolute Gasteiger partial charge is 0.508 e. The summed E-state index contributed by atoms with van der Waals surface area (Å²) in [5, 5.41) is 23.4. The number of nitriles is 1. The number of rotatable bonds is 6. The number of nitrogens with one attached hydrogen (secondary N) is 2. The Bertz CT molecular complexity index is 869. The molecule has 0 fully saturated rings. The molecule has 0 aliphatic carbocycles. The van der Waals surface area contributed by atoms with Crippen molar-refractivity contribution in [2.45, 2.75) is 12.6 Å². The van der Waals surface area contributed by atoms with E-state index in [4.69, 9.17) is 5.26 Å². The van der Waals surface area contributed by atoms with Gasteiger partial charge < -0.3 is 15.7 Å². The number of halogens is 3. The first kappa shape index (κ1) is 19.8. The van der Waals surface area contributed by atoms with Crippen molar-refractivity contribution in [3.05, 3.63) is 71.4 Å². The number of phenolic OH excluding ortho intramolecular Hbond substituents is 1. The van der Waals surface area contributed by atoms with Gasteiger partial charge in [-0.3, -0.25) is 4.79 Å². The molecule has 0 atom stereocenters. The number of benzene rings is 2. The van der Waals surface area contributed by atoms with Crippen LogP contribution in [0.1, 0.15) is 11.1 Å². The van der Waals surface area contributed by atoms with E-state index in [1.165, 1.54) is 24.3 Å². The van der Waals surface area contributed by atoms with Crippen molar-refractivity contribution in [1.29, 1.82) is 5.26 Å². The highest BCUT2D eigenvalue weighted by atomic mass is 19.4. The van der Waals surface area contributed by atoms with E-state index in [0.717, 1.165) is 23.9 Å². The second-order valence-corrected chi connectivity index (χ2v) is 5.57. The number of alkyl halides is 3. The van der Waals surface area contributed by atoms with Crippen molar-refractivity contribution in [3.8, 4) is 11.8 Å². The fraction of sp³-hybridized carbons (Fsp3) is 0.158. The number of aromatic hydroxyl groups is 1. The molecule has 2 rings (SSSR count). The van der Waals surface area contributed by atoms with Crippen LogP contribution in [-0.2, 0) is 17.4 Å². The normalized spacial score (nSPS) is 11.6. The third-order valence-electron chi connectivity index (χ3n) is 3.57. The van der Waals surface area contributed by atoms with E-state index in [-0.39, 0.29) is 23.6 Å². The van der Waals surface area contributed by atoms with Crippen LogP contribution in [0.15, 0.2) is 60.3 Å². The van der Waals surface area contributed by atoms with Gasteiger partial charge in [0.1, 0.15) is 17.4 Å². The van der Waals surface area contributed by atoms with Gasteiger partial charge >= 0.3 is 6.18 Å². The number of hydrogen-bond donors (Lipinski definition) is 3. The van der Waals surface area contributed by atoms with Gasteiger partial charge in [-0.25, -0.2) is 0 Å². The molecule has 8 heteroatoms. The summed E-state index contributed by atoms with van der Waals surface area (Å²) in [5.41, 5.74) is -0.108. The lowest BCUT2D eigenvalue weighted by Crippen LogP contribution is -2.27. The summed E-state index contributed by atoms with van der Waals surface area (Å²) in [7, 11) is 0. The Kier molecular flexibility index (Phi) is 6.44. The van der Waals surface area contributed by atoms with Crippen LogP contribution in [0.2, 0.25) is 0 Å². The van der Waals surface area contributed by atoms with Gasteiger partial charge in [-0.1, -0.05) is 18.2 Å². The molecule has 2 aromatic carbocycles. The van der Waals surface area contributed by atoms with Crippen LogP contribution in [-0.4, -0.2) is 17.6 Å². The molecule has 0 saturated heterocycles. The number of nitrogens with zero attached hydrogens (tertiary/aromatic N) is 1. The summed E-state index contributed by atoms with van der Waals surface area (Å²) in [6, 6.07) is 12.6. The van der Waals surface area contributed by atoms with Crippen LogP contribution in [0, 0.1) is 11.3 Å². The molecule has 0 saturated carbocycles. The van der Waals surface area contributed by atoms with Gasteiger partial charge in [-0.05, 0) is 42.3 Å². The highest BCUT2D eigenvalue weighted by molar-refractivity contribution is 5.97. The minimum Gasteiger partial charge on any atom is -0.508 e. The summed E-state index contributed by atoms with van der Waals surface area (Å²) >= 11 is 0. The third-order valence-corrected chi connectivity index (χ3v) is 3.57. The molecule has 0 radical (unpaired) electrons. The Morgan fingerprint density at radius 3 is 2.52 bits per heavy atom. The Hall–Kier alpha value is -3.47. The SMILES string of the molecule is N#C/C(=C/Nc1cccc(C(F)(F)F)c1)C(=O)NCCc1ccc(O)cc1. The average Bonchev–Trinajstić information content (AvgIpc) is 2.63. The number of carbonyl (C=O) groups is 1. The maximum absolute atomic E-state index is 12.7. The molecular weight excluding hydrogens is 359 g/mol. The molecule has 5 nitrogen and oxygen atoms in total. The van der Waals surface area contributed by atoms with Crippen molar-refractivity contribution in [1.82, 2.24) is 5.32 Å². The Morgan fingerprint density at radius 2 is 1.89 bits per heavy atom. The lowest BCUT2D eigenvalue weighted by Gasteiger charge is -2.09. The van der Waals surface area contributed by atoms with Crippen molar-refractivity contribution < 1.29 is 23.1 Å². The van der Waals surface area contributed by atoms with Gasteiger partial charge in [0.05, 0.1) is 5.56 Å². The Morgan fingerprint density at radius 1 is 1.19 bits per heavy atom. The molecule has 0 aromatic heterocycles. The lowest BCUT2D eigenvalue weighted by molar-refractivity contribution is -0.137. The van der Waals surface area contributed by atoms with Crippen molar-refractivity contribution in [2.24, 2.45) is 0 Å². The predicted octanol–water partition coefficient (Wildman–Crippen LogP) is 3.59. The molecular formula is C19H16F3N3O2. The van der Waals surface area contributed by atoms with Crippen molar-refractivity contribution in [3.63, 3.8) is 0 Å². The Labute approximate surface area is 153 Å². The zero-order chi connectivity index (χ0) is 19.9. The van der Waals surface area contributed by atoms with Gasteiger partial charge in [0.15, 0.2) is 0 Å². The minimum absolute atomic E-state index is 0.106. The standard InChI is InChI=1S/C19H16F3N3O2/c20-19(21,22)15-2-1-3-16(10-15)25-12-14(11-23)18(27)24-9-8-13-4-6-17(26)7-5-13/h1-7,10,12,25-26H,8-9H2,(H,24,27)/b14-12-. The molecule has 1 amide bonds. The second-order valence-electron chi connectivity index (χ2n) is 5.57. The highest BCUT2D eigenvalue weighted by Gasteiger charge is 2.30. The average molecular weight is 375 g/mol. The maximum atomic E-state index is 12.7. The second kappa shape index (κ2) is 8.76. The van der Waals surface area contributed by atoms with Crippen molar-refractivity contribution >= 4 is 11.6 Å². The lowest BCUT2D eigenvalue weighted by atomic mass is 10.1. The van der Waals surface area contributed by atoms with E-state index >= 15 is 0 Å². The maximum Gasteiger partial charge on any atom is 0.416 e. The molecule has 140 valence electrons. The van der Waals surface area contributed by atoms with E-state index in [1.807, 2.05) is 0 Å². The topological polar surface area (TPSA) is 85.2 Å². The monoisotopic (exact) mass is 375 g/mol. The minimum atomic E-state index is -4.48. The van der Waals surface area contributed by atoms with Crippen LogP contribution in [0.5, 0.6) is 5.75 Å². The van der Waals surface area contributed by atoms with Crippen molar-refractivity contribution in [2.75, 3.05) is 11.9 Å². The zero-order valence-electron chi connectivity index (χ0n) is 14.0. The quantitative estimate of drug-likeness (QED) is 0.532. The zero-order valence-corrected chi connectivity index (χ0v) is 14.0. The van der Waals surface area contributed by atoms with Gasteiger partial charge in [0, 0.05) is 18.4 Å². The summed E-state index contributed by atoms with van der Waals surface area (Å²) in [5.74, 6) is -0.506. The fourth-order valence-corrected chi connectivity index (χ4v) is 2.17. The van der Waals surface area contributed by atoms with E-state index in [0.29, 0.717) is 6.42 Å². The molecule has 0 heterocycles. The number of amides is 1. The first-order valence-corrected chi connectivity index (χ1v) is 7.90. The van der Waals surface area contributed by atoms with E-state index < -0.39 is 17.6 Å². The molecule has 0 aliphatic rings. The van der Waals surface area contributed by atoms with Crippen LogP contribution in [0.4, 0.5) is 18.9 Å². The third kappa shape index (κ3) is 6.08. The number of hydrogen-bond acceptors (Lipinski definition) is 4. The van der Waals surface area contributed by atoms with Gasteiger partial charge in [-0.2, -0.15) is 18.4 Å². The van der Waals surface area contributed by atoms with Gasteiger partial charge in [-0.15, -0.1) is 0 Å². The molecule has 27 heavy (non-hydrogen) atoms. The smallest absolute Gasteiger partial charge is 0.416 e. The first-order valence-electron chi connectivity index (χ1n) is 7.90. The fourth-order valence-electron chi connectivity index (χ4n) is 2.17. The summed E-state index contributed by atoms with van der Waals surface area (Å²) < 4.78 is 38.1. The summed E-state index contributed by atoms with van der Waals surface area (Å²) in [6.07, 6.45) is -2.93. The van der Waals surface area contributed by atoms with E-state index in [9.17, 15) is 23.1 Å². The van der Waals surface area contributed by atoms with E-state index in [1.54, 1.807) is 18.2 Å². The predicted molar refractivity (Wildman–Crippen MR) is 93.6 cm³/mol. The van der Waals surface area contributed by atoms with Gasteiger partial charge in [0.25, 0.3) is 5.91 Å². The molecule has 3 N–H and O–H groups in total. The van der Waals surface area contributed by atoms with Crippen LogP contribution in [0.3, 0.4) is 0 Å².